The molecular formula is C14H19F2N3O2. The molecule has 116 valence electrons. The Labute approximate surface area is 122 Å². The van der Waals surface area contributed by atoms with Crippen molar-refractivity contribution in [3.8, 4) is 0 Å². The fraction of sp³-hybridized carbons (Fsp3) is 0.500. The maximum Gasteiger partial charge on any atom is 0.253 e. The number of hydrogen-bond donors (Lipinski definition) is 2. The van der Waals surface area contributed by atoms with E-state index in [1.54, 1.807) is 7.05 Å². The van der Waals surface area contributed by atoms with Gasteiger partial charge in [0, 0.05) is 25.8 Å². The van der Waals surface area contributed by atoms with Crippen molar-refractivity contribution in [2.75, 3.05) is 25.6 Å². The summed E-state index contributed by atoms with van der Waals surface area (Å²) >= 11 is 0. The molecule has 1 aliphatic heterocycles. The predicted octanol–water partition coefficient (Wildman–Crippen LogP) is 1.89. The Bertz CT molecular complexity index is 496. The van der Waals surface area contributed by atoms with E-state index in [1.165, 1.54) is 4.90 Å². The minimum Gasteiger partial charge on any atom is -0.376 e. The van der Waals surface area contributed by atoms with E-state index in [2.05, 4.69) is 0 Å². The van der Waals surface area contributed by atoms with Crippen molar-refractivity contribution < 1.29 is 18.3 Å². The van der Waals surface area contributed by atoms with Crippen molar-refractivity contribution in [3.63, 3.8) is 0 Å². The van der Waals surface area contributed by atoms with Gasteiger partial charge in [0.2, 0.25) is 0 Å². The zero-order valence-corrected chi connectivity index (χ0v) is 11.9. The molecule has 1 aromatic rings. The number of carbonyl (C=O) groups excluding carboxylic acids is 1. The number of ether oxygens (including phenoxy) is 1. The van der Waals surface area contributed by atoms with E-state index in [9.17, 15) is 13.6 Å². The Hall–Kier alpha value is -1.73. The molecule has 2 rings (SSSR count). The molecule has 21 heavy (non-hydrogen) atoms. The van der Waals surface area contributed by atoms with Gasteiger partial charge in [-0.2, -0.15) is 0 Å². The van der Waals surface area contributed by atoms with Gasteiger partial charge in [0.05, 0.1) is 6.10 Å². The second-order valence-electron chi connectivity index (χ2n) is 5.13. The Balaban J connectivity index is 2.08. The Morgan fingerprint density at radius 1 is 1.43 bits per heavy atom. The van der Waals surface area contributed by atoms with Crippen LogP contribution in [0.5, 0.6) is 0 Å². The van der Waals surface area contributed by atoms with Crippen LogP contribution in [0.3, 0.4) is 0 Å². The van der Waals surface area contributed by atoms with Crippen molar-refractivity contribution >= 4 is 11.6 Å². The van der Waals surface area contributed by atoms with E-state index in [0.717, 1.165) is 31.4 Å². The Morgan fingerprint density at radius 3 is 2.62 bits per heavy atom. The van der Waals surface area contributed by atoms with Crippen LogP contribution in [0.15, 0.2) is 12.1 Å². The standard InChI is InChI=1S/C14H19F2N3O2/c1-19(8-10-4-2-3-5-21-10)14(20)9-6-11(15)13(18-17)12(16)7-9/h6-7,10,18H,2-5,8,17H2,1H3. The Kier molecular flexibility index (Phi) is 5.08. The van der Waals surface area contributed by atoms with Gasteiger partial charge in [0.1, 0.15) is 5.69 Å². The number of hydrazine groups is 1. The smallest absolute Gasteiger partial charge is 0.253 e. The number of anilines is 1. The molecule has 1 fully saturated rings. The molecule has 1 amide bonds. The normalized spacial score (nSPS) is 18.4. The number of amides is 1. The van der Waals surface area contributed by atoms with Gasteiger partial charge in [0.15, 0.2) is 11.6 Å². The number of nitrogens with two attached hydrogens (primary N) is 1. The van der Waals surface area contributed by atoms with Gasteiger partial charge in [-0.05, 0) is 31.4 Å². The first kappa shape index (κ1) is 15.7. The number of carbonyl (C=O) groups is 1. The fourth-order valence-corrected chi connectivity index (χ4v) is 2.39. The molecular weight excluding hydrogens is 280 g/mol. The highest BCUT2D eigenvalue weighted by atomic mass is 19.1. The van der Waals surface area contributed by atoms with Crippen LogP contribution in [0.25, 0.3) is 0 Å². The molecule has 7 heteroatoms. The van der Waals surface area contributed by atoms with Crippen molar-refractivity contribution in [2.45, 2.75) is 25.4 Å². The van der Waals surface area contributed by atoms with Crippen LogP contribution in [0, 0.1) is 11.6 Å². The van der Waals surface area contributed by atoms with Gasteiger partial charge in [-0.3, -0.25) is 10.6 Å². The largest absolute Gasteiger partial charge is 0.376 e. The third-order valence-corrected chi connectivity index (χ3v) is 3.53. The second-order valence-corrected chi connectivity index (χ2v) is 5.13. The summed E-state index contributed by atoms with van der Waals surface area (Å²) in [5, 5.41) is 0. The monoisotopic (exact) mass is 299 g/mol. The highest BCUT2D eigenvalue weighted by Gasteiger charge is 2.21. The summed E-state index contributed by atoms with van der Waals surface area (Å²) in [5.74, 6) is 2.77. The van der Waals surface area contributed by atoms with E-state index >= 15 is 0 Å². The van der Waals surface area contributed by atoms with E-state index in [1.807, 2.05) is 5.43 Å². The molecule has 1 atom stereocenters. The van der Waals surface area contributed by atoms with Gasteiger partial charge >= 0.3 is 0 Å². The lowest BCUT2D eigenvalue weighted by atomic mass is 10.1. The zero-order chi connectivity index (χ0) is 15.4. The number of halogens is 2. The van der Waals surface area contributed by atoms with Gasteiger partial charge in [-0.1, -0.05) is 0 Å². The molecule has 1 saturated heterocycles. The summed E-state index contributed by atoms with van der Waals surface area (Å²) < 4.78 is 32.8. The van der Waals surface area contributed by atoms with E-state index in [4.69, 9.17) is 10.6 Å². The van der Waals surface area contributed by atoms with Crippen molar-refractivity contribution in [2.24, 2.45) is 5.84 Å². The quantitative estimate of drug-likeness (QED) is 0.658. The lowest BCUT2D eigenvalue weighted by molar-refractivity contribution is -0.000198. The van der Waals surface area contributed by atoms with Gasteiger partial charge < -0.3 is 15.1 Å². The van der Waals surface area contributed by atoms with E-state index in [-0.39, 0.29) is 11.7 Å². The molecule has 0 bridgehead atoms. The van der Waals surface area contributed by atoms with Crippen LogP contribution in [0.1, 0.15) is 29.6 Å². The van der Waals surface area contributed by atoms with Gasteiger partial charge in [-0.15, -0.1) is 0 Å². The molecule has 1 aliphatic rings. The number of nitrogen functional groups attached to an aromatic ring is 1. The highest BCUT2D eigenvalue weighted by Crippen LogP contribution is 2.21. The Morgan fingerprint density at radius 2 is 2.10 bits per heavy atom. The number of hydrogen-bond acceptors (Lipinski definition) is 4. The van der Waals surface area contributed by atoms with Crippen LogP contribution in [-0.4, -0.2) is 37.1 Å². The predicted molar refractivity (Wildman–Crippen MR) is 74.7 cm³/mol. The molecule has 0 radical (unpaired) electrons. The van der Waals surface area contributed by atoms with Gasteiger partial charge in [0.25, 0.3) is 5.91 Å². The molecule has 0 saturated carbocycles. The molecule has 5 nitrogen and oxygen atoms in total. The molecule has 0 aromatic heterocycles. The van der Waals surface area contributed by atoms with Crippen LogP contribution in [0.2, 0.25) is 0 Å². The number of nitrogens with one attached hydrogen (secondary N) is 1. The van der Waals surface area contributed by atoms with Crippen LogP contribution in [-0.2, 0) is 4.74 Å². The third kappa shape index (κ3) is 3.68. The number of likely N-dealkylation sites (N-methyl/N-ethyl adjacent to an activating group) is 1. The lowest BCUT2D eigenvalue weighted by Gasteiger charge is -2.27. The topological polar surface area (TPSA) is 67.6 Å². The summed E-state index contributed by atoms with van der Waals surface area (Å²) in [6, 6.07) is 1.94. The van der Waals surface area contributed by atoms with Crippen LogP contribution in [0.4, 0.5) is 14.5 Å². The maximum absolute atomic E-state index is 13.6. The second kappa shape index (κ2) is 6.82. The molecule has 1 unspecified atom stereocenters. The summed E-state index contributed by atoms with van der Waals surface area (Å²) in [4.78, 5) is 13.6. The highest BCUT2D eigenvalue weighted by molar-refractivity contribution is 5.94. The van der Waals surface area contributed by atoms with Crippen molar-refractivity contribution in [1.82, 2.24) is 4.90 Å². The average molecular weight is 299 g/mol. The molecule has 1 aromatic carbocycles. The average Bonchev–Trinajstić information content (AvgIpc) is 2.47. The number of benzene rings is 1. The van der Waals surface area contributed by atoms with Gasteiger partial charge in [-0.25, -0.2) is 8.78 Å². The first-order chi connectivity index (χ1) is 10.0. The van der Waals surface area contributed by atoms with Crippen molar-refractivity contribution in [1.29, 1.82) is 0 Å². The number of nitrogens with zero attached hydrogens (tertiary/aromatic N) is 1. The summed E-state index contributed by atoms with van der Waals surface area (Å²) in [5.41, 5.74) is 1.42. The first-order valence-electron chi connectivity index (χ1n) is 6.85. The van der Waals surface area contributed by atoms with Crippen molar-refractivity contribution in [3.05, 3.63) is 29.3 Å². The lowest BCUT2D eigenvalue weighted by Crippen LogP contribution is -2.37. The fourth-order valence-electron chi connectivity index (χ4n) is 2.39. The molecule has 0 aliphatic carbocycles. The van der Waals surface area contributed by atoms with Crippen LogP contribution >= 0.6 is 0 Å². The molecule has 3 N–H and O–H groups in total. The van der Waals surface area contributed by atoms with Crippen LogP contribution < -0.4 is 11.3 Å². The summed E-state index contributed by atoms with van der Waals surface area (Å²) in [7, 11) is 1.59. The van der Waals surface area contributed by atoms with E-state index < -0.39 is 23.2 Å². The van der Waals surface area contributed by atoms with E-state index in [0.29, 0.717) is 13.2 Å². The first-order valence-corrected chi connectivity index (χ1v) is 6.85. The maximum atomic E-state index is 13.6. The SMILES string of the molecule is CN(CC1CCCCO1)C(=O)c1cc(F)c(NN)c(F)c1. The third-order valence-electron chi connectivity index (χ3n) is 3.53. The molecule has 0 spiro atoms. The summed E-state index contributed by atoms with van der Waals surface area (Å²) in [6.45, 7) is 1.09. The molecule has 1 heterocycles. The minimum atomic E-state index is -0.900. The summed E-state index contributed by atoms with van der Waals surface area (Å²) in [6.07, 6.45) is 2.95. The zero-order valence-electron chi connectivity index (χ0n) is 11.9. The number of rotatable bonds is 4. The minimum absolute atomic E-state index is 0.0209.